The van der Waals surface area contributed by atoms with Gasteiger partial charge in [0.25, 0.3) is 5.03 Å². The number of hydrogen-bond acceptors (Lipinski definition) is 2. The molecule has 0 bridgehead atoms. The fraction of sp³-hybridized carbons (Fsp3) is 0.111. The molecule has 2 rings (SSSR count). The van der Waals surface area contributed by atoms with E-state index >= 15 is 0 Å². The van der Waals surface area contributed by atoms with E-state index in [0.717, 1.165) is 16.5 Å². The normalized spacial score (nSPS) is 15.9. The minimum Gasteiger partial charge on any atom is -1.00 e. The van der Waals surface area contributed by atoms with E-state index in [1.54, 1.807) is 23.9 Å². The molecule has 0 amide bonds. The molecule has 1 N–H and O–H groups in total. The molecule has 1 aromatic heterocycles. The van der Waals surface area contributed by atoms with Crippen molar-refractivity contribution < 1.29 is 38.4 Å². The quantitative estimate of drug-likeness (QED) is 0.445. The second kappa shape index (κ2) is 5.48. The van der Waals surface area contributed by atoms with E-state index < -0.39 is 5.97 Å². The number of thioether (sulfide) groups is 1. The smallest absolute Gasteiger partial charge is 0.343 e. The van der Waals surface area contributed by atoms with Crippen LogP contribution in [0.4, 0.5) is 0 Å². The number of halogens is 2. The van der Waals surface area contributed by atoms with E-state index in [4.69, 9.17) is 5.11 Å². The van der Waals surface area contributed by atoms with Gasteiger partial charge in [-0.05, 0) is 40.4 Å². The number of nitrogens with zero attached hydrogens (tertiary/aromatic N) is 1. The third-order valence-corrected chi connectivity index (χ3v) is 3.82. The number of carbonyl (C=O) groups is 1. The van der Waals surface area contributed by atoms with Crippen molar-refractivity contribution in [1.82, 2.24) is 0 Å². The highest BCUT2D eigenvalue weighted by Crippen LogP contribution is 2.28. The van der Waals surface area contributed by atoms with Gasteiger partial charge < -0.3 is 29.1 Å². The van der Waals surface area contributed by atoms with Gasteiger partial charge in [0, 0.05) is 10.1 Å². The summed E-state index contributed by atoms with van der Waals surface area (Å²) in [6, 6.07) is 3.40. The molecule has 3 nitrogen and oxygen atoms in total. The van der Waals surface area contributed by atoms with Gasteiger partial charge in [-0.3, -0.25) is 0 Å². The van der Waals surface area contributed by atoms with Crippen LogP contribution in [0.15, 0.2) is 27.4 Å². The summed E-state index contributed by atoms with van der Waals surface area (Å²) in [7, 11) is 0. The molecule has 0 atom stereocenters. The van der Waals surface area contributed by atoms with Gasteiger partial charge in [-0.2, -0.15) is 4.57 Å². The van der Waals surface area contributed by atoms with Crippen molar-refractivity contribution in [3.63, 3.8) is 0 Å². The molecular weight excluding hydrogens is 440 g/mol. The summed E-state index contributed by atoms with van der Waals surface area (Å²) in [6.07, 6.45) is 1.90. The van der Waals surface area contributed by atoms with Crippen molar-refractivity contribution in [3.05, 3.63) is 28.0 Å². The Bertz CT molecular complexity index is 434. The highest BCUT2D eigenvalue weighted by molar-refractivity contribution is 14.1. The van der Waals surface area contributed by atoms with E-state index in [1.165, 1.54) is 0 Å². The summed E-state index contributed by atoms with van der Waals surface area (Å²) in [5.74, 6) is -0.0238. The number of carboxylic acids is 1. The number of pyridine rings is 1. The van der Waals surface area contributed by atoms with E-state index in [2.05, 4.69) is 22.6 Å². The standard InChI is InChI=1S/C9H6INO2S.HI/c10-4-6-5-14-8-7(9(12)13)2-1-3-11(6)8;/h1-4H,5H2;1H. The zero-order chi connectivity index (χ0) is 10.1. The molecular formula is C9H7I2NO2S. The fourth-order valence-electron chi connectivity index (χ4n) is 1.33. The predicted octanol–water partition coefficient (Wildman–Crippen LogP) is -0.985. The maximum absolute atomic E-state index is 10.9. The summed E-state index contributed by atoms with van der Waals surface area (Å²) < 4.78 is 3.91. The zero-order valence-electron chi connectivity index (χ0n) is 7.48. The van der Waals surface area contributed by atoms with E-state index in [-0.39, 0.29) is 24.0 Å². The highest BCUT2D eigenvalue weighted by atomic mass is 127. The molecule has 1 aliphatic rings. The van der Waals surface area contributed by atoms with Gasteiger partial charge in [0.15, 0.2) is 6.20 Å². The molecule has 1 aromatic rings. The third kappa shape index (κ3) is 2.47. The minimum atomic E-state index is -0.864. The van der Waals surface area contributed by atoms with Crippen molar-refractivity contribution in [2.45, 2.75) is 5.03 Å². The second-order valence-corrected chi connectivity index (χ2v) is 4.38. The molecule has 0 aliphatic carbocycles. The van der Waals surface area contributed by atoms with Crippen LogP contribution in [0.25, 0.3) is 5.70 Å². The molecule has 0 unspecified atom stereocenters. The van der Waals surface area contributed by atoms with E-state index in [9.17, 15) is 4.79 Å². The molecule has 0 radical (unpaired) electrons. The first kappa shape index (κ1) is 13.2. The van der Waals surface area contributed by atoms with Crippen LogP contribution < -0.4 is 28.5 Å². The van der Waals surface area contributed by atoms with Crippen molar-refractivity contribution in [3.8, 4) is 0 Å². The van der Waals surface area contributed by atoms with Crippen molar-refractivity contribution in [2.24, 2.45) is 0 Å². The Balaban J connectivity index is 0.00000112. The predicted molar refractivity (Wildman–Crippen MR) is 62.6 cm³/mol. The van der Waals surface area contributed by atoms with Crippen LogP contribution in [-0.4, -0.2) is 16.8 Å². The number of fused-ring (bicyclic) bond motifs is 1. The summed E-state index contributed by atoms with van der Waals surface area (Å²) in [5, 5.41) is 9.78. The maximum atomic E-state index is 10.9. The first-order valence-electron chi connectivity index (χ1n) is 3.94. The van der Waals surface area contributed by atoms with Crippen LogP contribution in [0, 0.1) is 0 Å². The van der Waals surface area contributed by atoms with Crippen molar-refractivity contribution in [2.75, 3.05) is 5.75 Å². The Kier molecular flexibility index (Phi) is 4.84. The van der Waals surface area contributed by atoms with E-state index in [1.807, 2.05) is 14.8 Å². The van der Waals surface area contributed by atoms with Crippen molar-refractivity contribution >= 4 is 46.0 Å². The zero-order valence-corrected chi connectivity index (χ0v) is 12.6. The number of rotatable bonds is 1. The van der Waals surface area contributed by atoms with Crippen LogP contribution in [0.2, 0.25) is 0 Å². The molecule has 15 heavy (non-hydrogen) atoms. The SMILES string of the molecule is O=C(O)c1ccc[n+]2c1SCC2=CI.[I-]. The summed E-state index contributed by atoms with van der Waals surface area (Å²) >= 11 is 3.74. The Morgan fingerprint density at radius 2 is 2.40 bits per heavy atom. The van der Waals surface area contributed by atoms with Crippen LogP contribution in [0.1, 0.15) is 10.4 Å². The van der Waals surface area contributed by atoms with Gasteiger partial charge in [-0.1, -0.05) is 0 Å². The molecule has 0 saturated carbocycles. The molecule has 6 heteroatoms. The van der Waals surface area contributed by atoms with Crippen LogP contribution in [0.3, 0.4) is 0 Å². The Morgan fingerprint density at radius 3 is 3.00 bits per heavy atom. The lowest BCUT2D eigenvalue weighted by Gasteiger charge is -1.95. The lowest BCUT2D eigenvalue weighted by molar-refractivity contribution is -0.618. The first-order chi connectivity index (χ1) is 6.74. The number of aromatic carboxylic acids is 1. The molecule has 80 valence electrons. The average Bonchev–Trinajstić information content (AvgIpc) is 2.59. The fourth-order valence-corrected chi connectivity index (χ4v) is 3.28. The topological polar surface area (TPSA) is 41.2 Å². The summed E-state index contributed by atoms with van der Waals surface area (Å²) in [4.78, 5) is 10.9. The molecule has 0 aromatic carbocycles. The van der Waals surface area contributed by atoms with Crippen LogP contribution >= 0.6 is 34.4 Å². The summed E-state index contributed by atoms with van der Waals surface area (Å²) in [5.41, 5.74) is 1.51. The number of aromatic nitrogens is 1. The molecule has 2 heterocycles. The lowest BCUT2D eigenvalue weighted by atomic mass is 10.3. The van der Waals surface area contributed by atoms with Gasteiger partial charge in [0.05, 0.1) is 5.75 Å². The molecule has 0 saturated heterocycles. The highest BCUT2D eigenvalue weighted by Gasteiger charge is 2.30. The largest absolute Gasteiger partial charge is 1.00 e. The molecule has 1 aliphatic heterocycles. The van der Waals surface area contributed by atoms with Gasteiger partial charge in [0.2, 0.25) is 5.70 Å². The van der Waals surface area contributed by atoms with Gasteiger partial charge >= 0.3 is 5.97 Å². The Hall–Kier alpha value is 0.170. The van der Waals surface area contributed by atoms with Gasteiger partial charge in [-0.15, -0.1) is 0 Å². The molecule has 0 spiro atoms. The molecule has 0 fully saturated rings. The third-order valence-electron chi connectivity index (χ3n) is 1.97. The van der Waals surface area contributed by atoms with E-state index in [0.29, 0.717) is 5.56 Å². The first-order valence-corrected chi connectivity index (χ1v) is 6.17. The number of carboxylic acid groups (broad SMARTS) is 1. The van der Waals surface area contributed by atoms with Crippen molar-refractivity contribution in [1.29, 1.82) is 0 Å². The van der Waals surface area contributed by atoms with Gasteiger partial charge in [-0.25, -0.2) is 4.79 Å². The minimum absolute atomic E-state index is 0. The van der Waals surface area contributed by atoms with Gasteiger partial charge in [0.1, 0.15) is 5.56 Å². The van der Waals surface area contributed by atoms with Crippen LogP contribution in [-0.2, 0) is 0 Å². The lowest BCUT2D eigenvalue weighted by Crippen LogP contribution is -3.00. The van der Waals surface area contributed by atoms with Crippen LogP contribution in [0.5, 0.6) is 0 Å². The number of hydrogen-bond donors (Lipinski definition) is 1. The Morgan fingerprint density at radius 1 is 1.67 bits per heavy atom. The second-order valence-electron chi connectivity index (χ2n) is 2.79. The Labute approximate surface area is 122 Å². The summed E-state index contributed by atoms with van der Waals surface area (Å²) in [6.45, 7) is 0. The average molecular weight is 447 g/mol. The monoisotopic (exact) mass is 447 g/mol. The maximum Gasteiger partial charge on any atom is 0.343 e.